The SMILES string of the molecule is CN=C(NCC(c1cccc(F)c1)N(C)C)NC1CCCCC1. The summed E-state index contributed by atoms with van der Waals surface area (Å²) in [7, 11) is 5.81. The van der Waals surface area contributed by atoms with Crippen LogP contribution in [0.2, 0.25) is 0 Å². The first-order valence-corrected chi connectivity index (χ1v) is 8.49. The maximum absolute atomic E-state index is 13.5. The van der Waals surface area contributed by atoms with Crippen molar-refractivity contribution in [3.63, 3.8) is 0 Å². The zero-order chi connectivity index (χ0) is 16.7. The predicted molar refractivity (Wildman–Crippen MR) is 94.2 cm³/mol. The fourth-order valence-corrected chi connectivity index (χ4v) is 3.14. The van der Waals surface area contributed by atoms with Crippen molar-refractivity contribution in [1.82, 2.24) is 15.5 Å². The number of hydrogen-bond acceptors (Lipinski definition) is 2. The van der Waals surface area contributed by atoms with Crippen molar-refractivity contribution in [2.24, 2.45) is 4.99 Å². The van der Waals surface area contributed by atoms with Crippen LogP contribution < -0.4 is 10.6 Å². The van der Waals surface area contributed by atoms with Gasteiger partial charge in [-0.15, -0.1) is 0 Å². The molecule has 0 bridgehead atoms. The number of aliphatic imine (C=N–C) groups is 1. The van der Waals surface area contributed by atoms with Crippen molar-refractivity contribution < 1.29 is 4.39 Å². The van der Waals surface area contributed by atoms with Gasteiger partial charge >= 0.3 is 0 Å². The van der Waals surface area contributed by atoms with Gasteiger partial charge in [0.05, 0.1) is 6.04 Å². The zero-order valence-corrected chi connectivity index (χ0v) is 14.5. The van der Waals surface area contributed by atoms with Crippen LogP contribution in [0.5, 0.6) is 0 Å². The molecule has 1 aliphatic rings. The fraction of sp³-hybridized carbons (Fsp3) is 0.611. The van der Waals surface area contributed by atoms with Crippen LogP contribution in [-0.4, -0.2) is 44.6 Å². The molecule has 1 aromatic rings. The van der Waals surface area contributed by atoms with Crippen LogP contribution in [0.25, 0.3) is 0 Å². The summed E-state index contributed by atoms with van der Waals surface area (Å²) < 4.78 is 13.5. The van der Waals surface area contributed by atoms with E-state index in [1.807, 2.05) is 20.2 Å². The Labute approximate surface area is 139 Å². The molecule has 5 heteroatoms. The summed E-state index contributed by atoms with van der Waals surface area (Å²) in [6, 6.07) is 7.41. The number of guanidine groups is 1. The molecule has 1 fully saturated rings. The van der Waals surface area contributed by atoms with E-state index in [2.05, 4.69) is 20.5 Å². The van der Waals surface area contributed by atoms with Gasteiger partial charge in [0, 0.05) is 19.6 Å². The van der Waals surface area contributed by atoms with Gasteiger partial charge in [-0.2, -0.15) is 0 Å². The average Bonchev–Trinajstić information content (AvgIpc) is 2.54. The zero-order valence-electron chi connectivity index (χ0n) is 14.5. The molecule has 0 aliphatic heterocycles. The molecule has 2 N–H and O–H groups in total. The molecule has 0 aromatic heterocycles. The highest BCUT2D eigenvalue weighted by atomic mass is 19.1. The minimum atomic E-state index is -0.195. The number of likely N-dealkylation sites (N-methyl/N-ethyl adjacent to an activating group) is 1. The summed E-state index contributed by atoms with van der Waals surface area (Å²) in [6.45, 7) is 0.683. The molecule has 0 heterocycles. The normalized spacial score (nSPS) is 18.0. The fourth-order valence-electron chi connectivity index (χ4n) is 3.14. The maximum Gasteiger partial charge on any atom is 0.191 e. The number of nitrogens with zero attached hydrogens (tertiary/aromatic N) is 2. The van der Waals surface area contributed by atoms with Crippen LogP contribution in [0.4, 0.5) is 4.39 Å². The van der Waals surface area contributed by atoms with E-state index >= 15 is 0 Å². The quantitative estimate of drug-likeness (QED) is 0.647. The van der Waals surface area contributed by atoms with Gasteiger partial charge < -0.3 is 15.5 Å². The van der Waals surface area contributed by atoms with Gasteiger partial charge in [0.2, 0.25) is 0 Å². The second-order valence-electron chi connectivity index (χ2n) is 6.47. The first-order chi connectivity index (χ1) is 11.1. The third kappa shape index (κ3) is 5.50. The molecule has 0 spiro atoms. The molecule has 23 heavy (non-hydrogen) atoms. The highest BCUT2D eigenvalue weighted by molar-refractivity contribution is 5.80. The lowest BCUT2D eigenvalue weighted by Crippen LogP contribution is -2.46. The van der Waals surface area contributed by atoms with Crippen molar-refractivity contribution in [1.29, 1.82) is 0 Å². The van der Waals surface area contributed by atoms with Crippen LogP contribution in [0.1, 0.15) is 43.7 Å². The molecule has 1 aromatic carbocycles. The number of rotatable bonds is 5. The van der Waals surface area contributed by atoms with Gasteiger partial charge in [0.15, 0.2) is 5.96 Å². The van der Waals surface area contributed by atoms with E-state index in [1.165, 1.54) is 38.2 Å². The van der Waals surface area contributed by atoms with E-state index in [-0.39, 0.29) is 11.9 Å². The number of benzene rings is 1. The molecular weight excluding hydrogens is 291 g/mol. The lowest BCUT2D eigenvalue weighted by Gasteiger charge is -2.28. The Morgan fingerprint density at radius 1 is 1.30 bits per heavy atom. The second-order valence-corrected chi connectivity index (χ2v) is 6.47. The Morgan fingerprint density at radius 3 is 2.65 bits per heavy atom. The van der Waals surface area contributed by atoms with Crippen molar-refractivity contribution in [3.8, 4) is 0 Å². The van der Waals surface area contributed by atoms with E-state index < -0.39 is 0 Å². The van der Waals surface area contributed by atoms with E-state index in [4.69, 9.17) is 0 Å². The van der Waals surface area contributed by atoms with Crippen molar-refractivity contribution in [2.45, 2.75) is 44.2 Å². The highest BCUT2D eigenvalue weighted by Crippen LogP contribution is 2.19. The number of hydrogen-bond donors (Lipinski definition) is 2. The first-order valence-electron chi connectivity index (χ1n) is 8.49. The Hall–Kier alpha value is -1.62. The third-order valence-electron chi connectivity index (χ3n) is 4.49. The van der Waals surface area contributed by atoms with E-state index in [9.17, 15) is 4.39 Å². The number of nitrogens with one attached hydrogen (secondary N) is 2. The van der Waals surface area contributed by atoms with Crippen LogP contribution in [0.15, 0.2) is 29.3 Å². The average molecular weight is 320 g/mol. The van der Waals surface area contributed by atoms with Crippen molar-refractivity contribution >= 4 is 5.96 Å². The standard InChI is InChI=1S/C18H29FN4/c1-20-18(22-16-10-5-4-6-11-16)21-13-17(23(2)3)14-8-7-9-15(19)12-14/h7-9,12,16-17H,4-6,10-11,13H2,1-3H3,(H2,20,21,22). The molecule has 0 saturated heterocycles. The van der Waals surface area contributed by atoms with Crippen LogP contribution >= 0.6 is 0 Å². The Bertz CT molecular complexity index is 509. The minimum absolute atomic E-state index is 0.0932. The second kappa shape index (κ2) is 8.87. The highest BCUT2D eigenvalue weighted by Gasteiger charge is 2.17. The Kier molecular flexibility index (Phi) is 6.84. The summed E-state index contributed by atoms with van der Waals surface area (Å²) in [6.07, 6.45) is 6.34. The molecule has 4 nitrogen and oxygen atoms in total. The first kappa shape index (κ1) is 17.7. The summed E-state index contributed by atoms with van der Waals surface area (Å²) in [5, 5.41) is 6.90. The smallest absolute Gasteiger partial charge is 0.191 e. The Morgan fingerprint density at radius 2 is 2.04 bits per heavy atom. The van der Waals surface area contributed by atoms with Crippen molar-refractivity contribution in [2.75, 3.05) is 27.7 Å². The molecule has 1 aliphatic carbocycles. The topological polar surface area (TPSA) is 39.7 Å². The predicted octanol–water partition coefficient (Wildman–Crippen LogP) is 2.93. The van der Waals surface area contributed by atoms with Crippen molar-refractivity contribution in [3.05, 3.63) is 35.6 Å². The summed E-state index contributed by atoms with van der Waals surface area (Å²) in [5.41, 5.74) is 0.968. The largest absolute Gasteiger partial charge is 0.354 e. The third-order valence-corrected chi connectivity index (χ3v) is 4.49. The molecule has 0 radical (unpaired) electrons. The van der Waals surface area contributed by atoms with E-state index in [1.54, 1.807) is 19.2 Å². The van der Waals surface area contributed by atoms with Crippen LogP contribution in [0.3, 0.4) is 0 Å². The molecule has 2 rings (SSSR count). The molecule has 128 valence electrons. The number of halogens is 1. The lowest BCUT2D eigenvalue weighted by molar-refractivity contribution is 0.296. The van der Waals surface area contributed by atoms with Crippen LogP contribution in [-0.2, 0) is 0 Å². The molecule has 0 amide bonds. The maximum atomic E-state index is 13.5. The molecule has 1 atom stereocenters. The molecular formula is C18H29FN4. The van der Waals surface area contributed by atoms with Gasteiger partial charge in [-0.1, -0.05) is 31.4 Å². The lowest BCUT2D eigenvalue weighted by atomic mass is 9.96. The summed E-state index contributed by atoms with van der Waals surface area (Å²) in [4.78, 5) is 6.42. The van der Waals surface area contributed by atoms with E-state index in [0.717, 1.165) is 11.5 Å². The Balaban J connectivity index is 1.94. The molecule has 1 unspecified atom stereocenters. The van der Waals surface area contributed by atoms with E-state index in [0.29, 0.717) is 12.6 Å². The van der Waals surface area contributed by atoms with Gasteiger partial charge in [-0.3, -0.25) is 4.99 Å². The monoisotopic (exact) mass is 320 g/mol. The molecule has 1 saturated carbocycles. The summed E-state index contributed by atoms with van der Waals surface area (Å²) in [5.74, 6) is 0.638. The van der Waals surface area contributed by atoms with Gasteiger partial charge in [0.25, 0.3) is 0 Å². The van der Waals surface area contributed by atoms with Crippen LogP contribution in [0, 0.1) is 5.82 Å². The van der Waals surface area contributed by atoms with Gasteiger partial charge in [0.1, 0.15) is 5.82 Å². The summed E-state index contributed by atoms with van der Waals surface area (Å²) >= 11 is 0. The van der Waals surface area contributed by atoms with Gasteiger partial charge in [-0.05, 0) is 44.6 Å². The minimum Gasteiger partial charge on any atom is -0.354 e. The van der Waals surface area contributed by atoms with Gasteiger partial charge in [-0.25, -0.2) is 4.39 Å².